The van der Waals surface area contributed by atoms with Gasteiger partial charge in [-0.1, -0.05) is 0 Å². The molecule has 0 aromatic carbocycles. The number of hydrogen-bond donors (Lipinski definition) is 1. The predicted octanol–water partition coefficient (Wildman–Crippen LogP) is 0.615. The third kappa shape index (κ3) is 3.04. The van der Waals surface area contributed by atoms with Gasteiger partial charge in [-0.15, -0.1) is 0 Å². The van der Waals surface area contributed by atoms with Crippen molar-refractivity contribution in [1.82, 2.24) is 14.7 Å². The summed E-state index contributed by atoms with van der Waals surface area (Å²) >= 11 is 0. The molecule has 2 rings (SSSR count). The minimum absolute atomic E-state index is 0.373. The number of rotatable bonds is 3. The Morgan fingerprint density at radius 3 is 3.07 bits per heavy atom. The molecule has 0 unspecified atom stereocenters. The van der Waals surface area contributed by atoms with E-state index >= 15 is 0 Å². The van der Waals surface area contributed by atoms with E-state index in [-0.39, 0.29) is 0 Å². The molecule has 4 nitrogen and oxygen atoms in total. The van der Waals surface area contributed by atoms with E-state index in [9.17, 15) is 0 Å². The number of aromatic nitrogens is 2. The molecule has 0 radical (unpaired) electrons. The second-order valence-corrected chi connectivity index (χ2v) is 4.48. The van der Waals surface area contributed by atoms with Crippen molar-refractivity contribution in [3.05, 3.63) is 18.0 Å². The first kappa shape index (κ1) is 10.6. The van der Waals surface area contributed by atoms with E-state index in [2.05, 4.69) is 23.1 Å². The van der Waals surface area contributed by atoms with Crippen LogP contribution in [0.15, 0.2) is 12.4 Å². The lowest BCUT2D eigenvalue weighted by Gasteiger charge is -2.30. The van der Waals surface area contributed by atoms with Crippen molar-refractivity contribution in [1.29, 1.82) is 0 Å². The molecular weight excluding hydrogens is 188 g/mol. The lowest BCUT2D eigenvalue weighted by Crippen LogP contribution is -2.43. The van der Waals surface area contributed by atoms with Crippen LogP contribution in [0.3, 0.4) is 0 Å². The molecule has 1 aliphatic heterocycles. The van der Waals surface area contributed by atoms with E-state index < -0.39 is 0 Å². The van der Waals surface area contributed by atoms with E-state index in [0.717, 1.165) is 19.6 Å². The van der Waals surface area contributed by atoms with Crippen LogP contribution in [0, 0.1) is 6.92 Å². The number of hydrogen-bond acceptors (Lipinski definition) is 3. The van der Waals surface area contributed by atoms with Gasteiger partial charge in [0.25, 0.3) is 0 Å². The van der Waals surface area contributed by atoms with E-state index in [0.29, 0.717) is 6.04 Å². The van der Waals surface area contributed by atoms with Crippen LogP contribution in [0.5, 0.6) is 0 Å². The average molecular weight is 208 g/mol. The van der Waals surface area contributed by atoms with Crippen LogP contribution in [0.4, 0.5) is 0 Å². The summed E-state index contributed by atoms with van der Waals surface area (Å²) in [5.74, 6) is 0. The van der Waals surface area contributed by atoms with Crippen molar-refractivity contribution in [2.45, 2.75) is 32.4 Å². The molecule has 0 spiro atoms. The quantitative estimate of drug-likeness (QED) is 0.792. The molecule has 1 aromatic rings. The minimum Gasteiger partial charge on any atom is -0.327 e. The highest BCUT2D eigenvalue weighted by molar-refractivity contribution is 4.99. The predicted molar refractivity (Wildman–Crippen MR) is 60.6 cm³/mol. The monoisotopic (exact) mass is 208 g/mol. The fraction of sp³-hybridized carbons (Fsp3) is 0.727. The Hall–Kier alpha value is -0.870. The lowest BCUT2D eigenvalue weighted by molar-refractivity contribution is 0.200. The number of piperidine rings is 1. The molecule has 4 heteroatoms. The van der Waals surface area contributed by atoms with Crippen molar-refractivity contribution in [2.75, 3.05) is 19.6 Å². The van der Waals surface area contributed by atoms with E-state index in [1.807, 2.05) is 10.9 Å². The van der Waals surface area contributed by atoms with Gasteiger partial charge in [0.1, 0.15) is 0 Å². The molecule has 0 amide bonds. The lowest BCUT2D eigenvalue weighted by atomic mass is 10.1. The van der Waals surface area contributed by atoms with Gasteiger partial charge < -0.3 is 5.73 Å². The van der Waals surface area contributed by atoms with Crippen LogP contribution >= 0.6 is 0 Å². The molecular formula is C11H20N4. The Morgan fingerprint density at radius 2 is 2.40 bits per heavy atom. The Bertz CT molecular complexity index is 307. The fourth-order valence-electron chi connectivity index (χ4n) is 2.13. The van der Waals surface area contributed by atoms with Gasteiger partial charge in [-0.3, -0.25) is 9.58 Å². The molecule has 1 saturated heterocycles. The molecule has 2 heterocycles. The summed E-state index contributed by atoms with van der Waals surface area (Å²) in [6, 6.07) is 0.373. The molecule has 1 atom stereocenters. The zero-order chi connectivity index (χ0) is 10.7. The van der Waals surface area contributed by atoms with Gasteiger partial charge in [0.05, 0.1) is 12.7 Å². The summed E-state index contributed by atoms with van der Waals surface area (Å²) in [7, 11) is 0. The minimum atomic E-state index is 0.373. The van der Waals surface area contributed by atoms with Crippen molar-refractivity contribution in [3.8, 4) is 0 Å². The summed E-state index contributed by atoms with van der Waals surface area (Å²) in [5.41, 5.74) is 7.16. The molecule has 84 valence electrons. The first-order valence-corrected chi connectivity index (χ1v) is 5.71. The molecule has 0 bridgehead atoms. The summed E-state index contributed by atoms with van der Waals surface area (Å²) in [6.07, 6.45) is 6.41. The Morgan fingerprint density at radius 1 is 1.53 bits per heavy atom. The van der Waals surface area contributed by atoms with Crippen LogP contribution in [-0.2, 0) is 6.54 Å². The summed E-state index contributed by atoms with van der Waals surface area (Å²) in [5, 5.41) is 4.28. The number of nitrogens with two attached hydrogens (primary N) is 1. The van der Waals surface area contributed by atoms with Crippen molar-refractivity contribution in [3.63, 3.8) is 0 Å². The number of aryl methyl sites for hydroxylation is 1. The third-order valence-corrected chi connectivity index (χ3v) is 2.95. The van der Waals surface area contributed by atoms with Crippen molar-refractivity contribution in [2.24, 2.45) is 5.73 Å². The van der Waals surface area contributed by atoms with Crippen LogP contribution in [0.1, 0.15) is 18.4 Å². The van der Waals surface area contributed by atoms with Gasteiger partial charge in [-0.25, -0.2) is 0 Å². The topological polar surface area (TPSA) is 47.1 Å². The highest BCUT2D eigenvalue weighted by Crippen LogP contribution is 2.07. The van der Waals surface area contributed by atoms with E-state index in [1.54, 1.807) is 0 Å². The van der Waals surface area contributed by atoms with E-state index in [4.69, 9.17) is 5.73 Å². The highest BCUT2D eigenvalue weighted by atomic mass is 15.3. The van der Waals surface area contributed by atoms with Gasteiger partial charge in [0, 0.05) is 25.3 Å². The fourth-order valence-corrected chi connectivity index (χ4v) is 2.13. The molecule has 2 N–H and O–H groups in total. The normalized spacial score (nSPS) is 23.2. The summed E-state index contributed by atoms with van der Waals surface area (Å²) in [6.45, 7) is 6.34. The first-order chi connectivity index (χ1) is 7.24. The van der Waals surface area contributed by atoms with Crippen LogP contribution in [0.2, 0.25) is 0 Å². The Labute approximate surface area is 91.1 Å². The van der Waals surface area contributed by atoms with Gasteiger partial charge in [-0.2, -0.15) is 5.10 Å². The van der Waals surface area contributed by atoms with Crippen LogP contribution in [0.25, 0.3) is 0 Å². The van der Waals surface area contributed by atoms with Gasteiger partial charge in [0.2, 0.25) is 0 Å². The molecule has 15 heavy (non-hydrogen) atoms. The largest absolute Gasteiger partial charge is 0.327 e. The van der Waals surface area contributed by atoms with Gasteiger partial charge >= 0.3 is 0 Å². The summed E-state index contributed by atoms with van der Waals surface area (Å²) < 4.78 is 2.01. The maximum Gasteiger partial charge on any atom is 0.0536 e. The van der Waals surface area contributed by atoms with E-state index in [1.165, 1.54) is 24.9 Å². The number of nitrogens with zero attached hydrogens (tertiary/aromatic N) is 3. The van der Waals surface area contributed by atoms with Crippen LogP contribution < -0.4 is 5.73 Å². The highest BCUT2D eigenvalue weighted by Gasteiger charge is 2.15. The van der Waals surface area contributed by atoms with Crippen LogP contribution in [-0.4, -0.2) is 40.4 Å². The molecule has 1 aromatic heterocycles. The Kier molecular flexibility index (Phi) is 3.38. The maximum absolute atomic E-state index is 5.93. The third-order valence-electron chi connectivity index (χ3n) is 2.95. The average Bonchev–Trinajstić information content (AvgIpc) is 2.62. The van der Waals surface area contributed by atoms with Crippen molar-refractivity contribution >= 4 is 0 Å². The molecule has 0 aliphatic carbocycles. The standard InChI is InChI=1S/C11H20N4/c1-10-7-13-15(8-10)6-5-14-4-2-3-11(12)9-14/h7-8,11H,2-6,9,12H2,1H3/t11-/m1/s1. The SMILES string of the molecule is Cc1cnn(CCN2CCC[C@@H](N)C2)c1. The maximum atomic E-state index is 5.93. The Balaban J connectivity index is 1.77. The van der Waals surface area contributed by atoms with Crippen molar-refractivity contribution < 1.29 is 0 Å². The second-order valence-electron chi connectivity index (χ2n) is 4.48. The molecule has 1 fully saturated rings. The molecule has 0 saturated carbocycles. The number of likely N-dealkylation sites (tertiary alicyclic amines) is 1. The smallest absolute Gasteiger partial charge is 0.0536 e. The second kappa shape index (κ2) is 4.77. The molecule has 1 aliphatic rings. The van der Waals surface area contributed by atoms with Gasteiger partial charge in [-0.05, 0) is 31.9 Å². The first-order valence-electron chi connectivity index (χ1n) is 5.71. The zero-order valence-electron chi connectivity index (χ0n) is 9.39. The zero-order valence-corrected chi connectivity index (χ0v) is 9.39. The summed E-state index contributed by atoms with van der Waals surface area (Å²) in [4.78, 5) is 2.44. The van der Waals surface area contributed by atoms with Gasteiger partial charge in [0.15, 0.2) is 0 Å².